The first-order valence-corrected chi connectivity index (χ1v) is 4.64. The van der Waals surface area contributed by atoms with E-state index in [0.717, 1.165) is 12.8 Å². The molecule has 0 aromatic heterocycles. The van der Waals surface area contributed by atoms with Crippen LogP contribution in [0.2, 0.25) is 0 Å². The van der Waals surface area contributed by atoms with E-state index in [0.29, 0.717) is 19.1 Å². The molecule has 1 saturated carbocycles. The summed E-state index contributed by atoms with van der Waals surface area (Å²) in [6, 6.07) is 0. The van der Waals surface area contributed by atoms with Crippen LogP contribution in [0.15, 0.2) is 0 Å². The van der Waals surface area contributed by atoms with Gasteiger partial charge in [-0.05, 0) is 18.8 Å². The fourth-order valence-electron chi connectivity index (χ4n) is 1.15. The summed E-state index contributed by atoms with van der Waals surface area (Å²) in [6.45, 7) is 3.34. The summed E-state index contributed by atoms with van der Waals surface area (Å²) in [6.07, 6.45) is 1.63. The van der Waals surface area contributed by atoms with Gasteiger partial charge in [0.05, 0.1) is 12.1 Å². The molecule has 1 unspecified atom stereocenters. The molecule has 1 aliphatic carbocycles. The zero-order valence-corrected chi connectivity index (χ0v) is 8.30. The van der Waals surface area contributed by atoms with E-state index in [1.54, 1.807) is 7.11 Å². The number of methoxy groups -OCH3 is 1. The van der Waals surface area contributed by atoms with E-state index in [9.17, 15) is 4.79 Å². The highest BCUT2D eigenvalue weighted by atomic mass is 16.5. The Balaban J connectivity index is 2.15. The Morgan fingerprint density at radius 1 is 1.69 bits per heavy atom. The molecular weight excluding hydrogens is 168 g/mol. The minimum atomic E-state index is -0.549. The lowest BCUT2D eigenvalue weighted by atomic mass is 10.2. The molecule has 0 saturated heterocycles. The zero-order chi connectivity index (χ0) is 9.90. The Bertz CT molecular complexity index is 190. The Hall–Kier alpha value is -0.610. The molecule has 1 fully saturated rings. The zero-order valence-electron chi connectivity index (χ0n) is 8.30. The van der Waals surface area contributed by atoms with Gasteiger partial charge in [-0.1, -0.05) is 6.92 Å². The summed E-state index contributed by atoms with van der Waals surface area (Å²) in [4.78, 5) is 11.4. The average molecular weight is 186 g/mol. The van der Waals surface area contributed by atoms with Crippen molar-refractivity contribution in [2.24, 2.45) is 11.7 Å². The van der Waals surface area contributed by atoms with Gasteiger partial charge in [0.25, 0.3) is 0 Å². The van der Waals surface area contributed by atoms with Crippen LogP contribution in [0.25, 0.3) is 0 Å². The molecule has 0 aliphatic heterocycles. The molecule has 0 spiro atoms. The van der Waals surface area contributed by atoms with Gasteiger partial charge >= 0.3 is 0 Å². The first kappa shape index (κ1) is 10.5. The van der Waals surface area contributed by atoms with Gasteiger partial charge < -0.3 is 15.8 Å². The summed E-state index contributed by atoms with van der Waals surface area (Å²) in [5.74, 6) is 0.326. The highest BCUT2D eigenvalue weighted by molar-refractivity contribution is 5.88. The van der Waals surface area contributed by atoms with E-state index in [1.165, 1.54) is 0 Å². The van der Waals surface area contributed by atoms with Crippen molar-refractivity contribution in [2.45, 2.75) is 25.3 Å². The van der Waals surface area contributed by atoms with Crippen molar-refractivity contribution in [3.63, 3.8) is 0 Å². The Kier molecular flexibility index (Phi) is 3.27. The van der Waals surface area contributed by atoms with Crippen LogP contribution in [0.5, 0.6) is 0 Å². The predicted molar refractivity (Wildman–Crippen MR) is 50.2 cm³/mol. The van der Waals surface area contributed by atoms with Gasteiger partial charge in [-0.3, -0.25) is 4.79 Å². The fourth-order valence-corrected chi connectivity index (χ4v) is 1.15. The van der Waals surface area contributed by atoms with Gasteiger partial charge in [-0.25, -0.2) is 0 Å². The van der Waals surface area contributed by atoms with Gasteiger partial charge in [-0.2, -0.15) is 0 Å². The molecule has 1 atom stereocenters. The largest absolute Gasteiger partial charge is 0.384 e. The number of nitrogens with two attached hydrogens (primary N) is 1. The minimum absolute atomic E-state index is 0.0181. The average Bonchev–Trinajstić information content (AvgIpc) is 2.81. The van der Waals surface area contributed by atoms with Crippen molar-refractivity contribution in [3.05, 3.63) is 0 Å². The number of ether oxygens (including phenoxy) is 1. The van der Waals surface area contributed by atoms with Crippen molar-refractivity contribution in [3.8, 4) is 0 Å². The lowest BCUT2D eigenvalue weighted by Gasteiger charge is -2.14. The Labute approximate surface area is 78.8 Å². The summed E-state index contributed by atoms with van der Waals surface area (Å²) in [7, 11) is 1.66. The van der Waals surface area contributed by atoms with E-state index in [2.05, 4.69) is 5.32 Å². The summed E-state index contributed by atoms with van der Waals surface area (Å²) < 4.78 is 4.95. The van der Waals surface area contributed by atoms with E-state index in [4.69, 9.17) is 10.5 Å². The Morgan fingerprint density at radius 3 is 2.77 bits per heavy atom. The number of nitrogens with one attached hydrogen (secondary N) is 1. The third-order valence-corrected chi connectivity index (χ3v) is 2.30. The van der Waals surface area contributed by atoms with E-state index >= 15 is 0 Å². The minimum Gasteiger partial charge on any atom is -0.384 e. The van der Waals surface area contributed by atoms with Gasteiger partial charge in [-0.15, -0.1) is 0 Å². The van der Waals surface area contributed by atoms with Crippen LogP contribution in [-0.4, -0.2) is 31.7 Å². The van der Waals surface area contributed by atoms with Crippen molar-refractivity contribution in [1.29, 1.82) is 0 Å². The van der Waals surface area contributed by atoms with Crippen LogP contribution in [0.1, 0.15) is 19.8 Å². The second-order valence-corrected chi connectivity index (χ2v) is 3.93. The van der Waals surface area contributed by atoms with Crippen molar-refractivity contribution < 1.29 is 9.53 Å². The van der Waals surface area contributed by atoms with Crippen LogP contribution in [-0.2, 0) is 9.53 Å². The van der Waals surface area contributed by atoms with Gasteiger partial charge in [0.15, 0.2) is 0 Å². The third-order valence-electron chi connectivity index (χ3n) is 2.30. The van der Waals surface area contributed by atoms with E-state index in [-0.39, 0.29) is 5.91 Å². The first-order chi connectivity index (χ1) is 6.08. The molecule has 0 aromatic rings. The monoisotopic (exact) mass is 186 g/mol. The number of carbonyl (C=O) groups is 1. The maximum absolute atomic E-state index is 11.4. The number of hydrogen-bond acceptors (Lipinski definition) is 3. The topological polar surface area (TPSA) is 64.3 Å². The van der Waals surface area contributed by atoms with Crippen LogP contribution in [0.4, 0.5) is 0 Å². The number of rotatable bonds is 5. The molecule has 1 amide bonds. The van der Waals surface area contributed by atoms with Crippen LogP contribution in [0, 0.1) is 5.92 Å². The first-order valence-electron chi connectivity index (χ1n) is 4.64. The van der Waals surface area contributed by atoms with Crippen LogP contribution < -0.4 is 11.1 Å². The standard InChI is InChI=1S/C9H18N2O2/c1-7(6-13-2)5-11-8(12)9(10)3-4-9/h7H,3-6,10H2,1-2H3,(H,11,12). The van der Waals surface area contributed by atoms with E-state index < -0.39 is 5.54 Å². The summed E-state index contributed by atoms with van der Waals surface area (Å²) >= 11 is 0. The van der Waals surface area contributed by atoms with Gasteiger partial charge in [0.1, 0.15) is 0 Å². The molecule has 0 radical (unpaired) electrons. The maximum atomic E-state index is 11.4. The van der Waals surface area contributed by atoms with Crippen LogP contribution in [0.3, 0.4) is 0 Å². The number of amides is 1. The molecule has 1 rings (SSSR count). The fraction of sp³-hybridized carbons (Fsp3) is 0.889. The van der Waals surface area contributed by atoms with Gasteiger partial charge in [0.2, 0.25) is 5.91 Å². The Morgan fingerprint density at radius 2 is 2.31 bits per heavy atom. The second kappa shape index (κ2) is 4.07. The predicted octanol–water partition coefficient (Wildman–Crippen LogP) is -0.124. The molecule has 4 heteroatoms. The maximum Gasteiger partial charge on any atom is 0.240 e. The lowest BCUT2D eigenvalue weighted by molar-refractivity contribution is -0.123. The number of carbonyl (C=O) groups excluding carboxylic acids is 1. The second-order valence-electron chi connectivity index (χ2n) is 3.93. The molecule has 4 nitrogen and oxygen atoms in total. The molecule has 0 aromatic carbocycles. The lowest BCUT2D eigenvalue weighted by Crippen LogP contribution is -2.44. The molecule has 0 heterocycles. The van der Waals surface area contributed by atoms with E-state index in [1.807, 2.05) is 6.92 Å². The quantitative estimate of drug-likeness (QED) is 0.629. The van der Waals surface area contributed by atoms with Crippen molar-refractivity contribution >= 4 is 5.91 Å². The van der Waals surface area contributed by atoms with Crippen molar-refractivity contribution in [2.75, 3.05) is 20.3 Å². The molecular formula is C9H18N2O2. The third kappa shape index (κ3) is 2.97. The van der Waals surface area contributed by atoms with Crippen molar-refractivity contribution in [1.82, 2.24) is 5.32 Å². The molecule has 3 N–H and O–H groups in total. The SMILES string of the molecule is COCC(C)CNC(=O)C1(N)CC1. The molecule has 13 heavy (non-hydrogen) atoms. The van der Waals surface area contributed by atoms with Gasteiger partial charge in [0, 0.05) is 13.7 Å². The smallest absolute Gasteiger partial charge is 0.240 e. The molecule has 76 valence electrons. The normalized spacial score (nSPS) is 20.8. The molecule has 1 aliphatic rings. The number of hydrogen-bond donors (Lipinski definition) is 2. The van der Waals surface area contributed by atoms with Crippen LogP contribution >= 0.6 is 0 Å². The summed E-state index contributed by atoms with van der Waals surface area (Å²) in [5.41, 5.74) is 5.16. The highest BCUT2D eigenvalue weighted by Crippen LogP contribution is 2.31. The summed E-state index contributed by atoms with van der Waals surface area (Å²) in [5, 5.41) is 2.83. The molecule has 0 bridgehead atoms. The highest BCUT2D eigenvalue weighted by Gasteiger charge is 2.45.